The van der Waals surface area contributed by atoms with Crippen LogP contribution in [0.1, 0.15) is 41.6 Å². The first-order valence-electron chi connectivity index (χ1n) is 7.13. The van der Waals surface area contributed by atoms with Gasteiger partial charge in [-0.05, 0) is 42.2 Å². The van der Waals surface area contributed by atoms with E-state index in [-0.39, 0.29) is 17.7 Å². The second-order valence-corrected chi connectivity index (χ2v) is 6.60. The van der Waals surface area contributed by atoms with Crippen molar-refractivity contribution < 1.29 is 14.7 Å². The predicted octanol–water partition coefficient (Wildman–Crippen LogP) is 2.92. The number of nitrogens with one attached hydrogen (secondary N) is 1. The lowest BCUT2D eigenvalue weighted by molar-refractivity contribution is -0.141. The van der Waals surface area contributed by atoms with Crippen molar-refractivity contribution in [2.45, 2.75) is 31.4 Å². The topological polar surface area (TPSA) is 66.4 Å². The lowest BCUT2D eigenvalue weighted by atomic mass is 9.66. The van der Waals surface area contributed by atoms with Crippen molar-refractivity contribution in [3.8, 4) is 0 Å². The Morgan fingerprint density at radius 2 is 1.95 bits per heavy atom. The van der Waals surface area contributed by atoms with Crippen molar-refractivity contribution in [2.24, 2.45) is 5.41 Å². The second-order valence-electron chi connectivity index (χ2n) is 5.74. The van der Waals surface area contributed by atoms with Crippen molar-refractivity contribution in [2.75, 3.05) is 12.8 Å². The molecule has 0 bridgehead atoms. The summed E-state index contributed by atoms with van der Waals surface area (Å²) in [7, 11) is 0. The van der Waals surface area contributed by atoms with Gasteiger partial charge in [0.2, 0.25) is 0 Å². The van der Waals surface area contributed by atoms with Gasteiger partial charge in [-0.3, -0.25) is 9.59 Å². The smallest absolute Gasteiger partial charge is 0.303 e. The Labute approximate surface area is 129 Å². The monoisotopic (exact) mass is 307 g/mol. The van der Waals surface area contributed by atoms with Crippen LogP contribution in [0.5, 0.6) is 0 Å². The van der Waals surface area contributed by atoms with Gasteiger partial charge in [0.15, 0.2) is 0 Å². The van der Waals surface area contributed by atoms with Crippen LogP contribution in [0, 0.1) is 5.41 Å². The maximum Gasteiger partial charge on any atom is 0.303 e. The molecule has 0 heterocycles. The molecule has 5 heteroatoms. The fourth-order valence-corrected chi connectivity index (χ4v) is 3.23. The van der Waals surface area contributed by atoms with E-state index in [1.165, 1.54) is 5.56 Å². The molecule has 1 fully saturated rings. The molecule has 0 atom stereocenters. The SMILES string of the molecule is CSCc1ccc(C(=O)NCC2(CC(=O)O)CCC2)cc1. The molecule has 2 N–H and O–H groups in total. The Balaban J connectivity index is 1.90. The summed E-state index contributed by atoms with van der Waals surface area (Å²) in [5.41, 5.74) is 1.59. The third-order valence-electron chi connectivity index (χ3n) is 4.09. The molecule has 0 aliphatic heterocycles. The highest BCUT2D eigenvalue weighted by molar-refractivity contribution is 7.97. The second kappa shape index (κ2) is 6.98. The minimum Gasteiger partial charge on any atom is -0.481 e. The molecule has 1 amide bonds. The zero-order valence-corrected chi connectivity index (χ0v) is 13.0. The van der Waals surface area contributed by atoms with E-state index in [2.05, 4.69) is 5.32 Å². The summed E-state index contributed by atoms with van der Waals surface area (Å²) in [6.07, 6.45) is 4.99. The lowest BCUT2D eigenvalue weighted by Gasteiger charge is -2.40. The number of carboxylic acids is 1. The van der Waals surface area contributed by atoms with Crippen LogP contribution in [0.25, 0.3) is 0 Å². The van der Waals surface area contributed by atoms with E-state index < -0.39 is 5.97 Å². The number of carbonyl (C=O) groups excluding carboxylic acids is 1. The summed E-state index contributed by atoms with van der Waals surface area (Å²) in [5, 5.41) is 11.9. The summed E-state index contributed by atoms with van der Waals surface area (Å²) < 4.78 is 0. The third-order valence-corrected chi connectivity index (χ3v) is 4.71. The van der Waals surface area contributed by atoms with Crippen LogP contribution < -0.4 is 5.32 Å². The zero-order valence-electron chi connectivity index (χ0n) is 12.2. The molecule has 4 nitrogen and oxygen atoms in total. The Hall–Kier alpha value is -1.49. The minimum atomic E-state index is -0.787. The van der Waals surface area contributed by atoms with Crippen molar-refractivity contribution >= 4 is 23.6 Å². The summed E-state index contributed by atoms with van der Waals surface area (Å²) >= 11 is 1.74. The maximum atomic E-state index is 12.1. The van der Waals surface area contributed by atoms with Gasteiger partial charge in [-0.1, -0.05) is 18.6 Å². The van der Waals surface area contributed by atoms with Crippen molar-refractivity contribution in [3.63, 3.8) is 0 Å². The van der Waals surface area contributed by atoms with Gasteiger partial charge >= 0.3 is 5.97 Å². The van der Waals surface area contributed by atoms with Crippen LogP contribution in [0.3, 0.4) is 0 Å². The van der Waals surface area contributed by atoms with Gasteiger partial charge in [-0.15, -0.1) is 0 Å². The van der Waals surface area contributed by atoms with E-state index in [0.29, 0.717) is 12.1 Å². The molecule has 0 unspecified atom stereocenters. The number of carbonyl (C=O) groups is 2. The molecule has 1 aromatic rings. The molecule has 1 aliphatic carbocycles. The van der Waals surface area contributed by atoms with Gasteiger partial charge in [0.1, 0.15) is 0 Å². The fraction of sp³-hybridized carbons (Fsp3) is 0.500. The quantitative estimate of drug-likeness (QED) is 0.813. The van der Waals surface area contributed by atoms with E-state index in [1.54, 1.807) is 11.8 Å². The molecule has 0 spiro atoms. The molecule has 0 radical (unpaired) electrons. The number of hydrogen-bond donors (Lipinski definition) is 2. The Kier molecular flexibility index (Phi) is 5.28. The van der Waals surface area contributed by atoms with E-state index in [1.807, 2.05) is 30.5 Å². The van der Waals surface area contributed by atoms with Crippen LogP contribution in [-0.4, -0.2) is 29.8 Å². The summed E-state index contributed by atoms with van der Waals surface area (Å²) in [6.45, 7) is 0.449. The van der Waals surface area contributed by atoms with Crippen LogP contribution in [0.15, 0.2) is 24.3 Å². The van der Waals surface area contributed by atoms with Gasteiger partial charge < -0.3 is 10.4 Å². The summed E-state index contributed by atoms with van der Waals surface area (Å²) in [4.78, 5) is 23.0. The minimum absolute atomic E-state index is 0.123. The van der Waals surface area contributed by atoms with Gasteiger partial charge in [-0.2, -0.15) is 11.8 Å². The first-order chi connectivity index (χ1) is 10.0. The van der Waals surface area contributed by atoms with Crippen molar-refractivity contribution in [3.05, 3.63) is 35.4 Å². The zero-order chi connectivity index (χ0) is 15.3. The summed E-state index contributed by atoms with van der Waals surface area (Å²) in [6, 6.07) is 7.57. The molecule has 114 valence electrons. The average Bonchev–Trinajstić information content (AvgIpc) is 2.42. The molecule has 1 aliphatic rings. The molecule has 1 saturated carbocycles. The standard InChI is InChI=1S/C16H21NO3S/c1-21-10-12-3-5-13(6-4-12)15(20)17-11-16(7-2-8-16)9-14(18)19/h3-6H,2,7-11H2,1H3,(H,17,20)(H,18,19). The van der Waals surface area contributed by atoms with Crippen LogP contribution in [0.4, 0.5) is 0 Å². The van der Waals surface area contributed by atoms with Crippen LogP contribution in [0.2, 0.25) is 0 Å². The Bertz CT molecular complexity index is 509. The number of carboxylic acid groups (broad SMARTS) is 1. The molecular weight excluding hydrogens is 286 g/mol. The normalized spacial score (nSPS) is 16.0. The first-order valence-corrected chi connectivity index (χ1v) is 8.52. The Morgan fingerprint density at radius 3 is 2.43 bits per heavy atom. The molecule has 1 aromatic carbocycles. The van der Waals surface area contributed by atoms with Crippen molar-refractivity contribution in [1.82, 2.24) is 5.32 Å². The molecule has 0 aromatic heterocycles. The predicted molar refractivity (Wildman–Crippen MR) is 84.5 cm³/mol. The maximum absolute atomic E-state index is 12.1. The van der Waals surface area contributed by atoms with E-state index >= 15 is 0 Å². The molecule has 21 heavy (non-hydrogen) atoms. The number of rotatable bonds is 7. The first kappa shape index (κ1) is 15.9. The van der Waals surface area contributed by atoms with Crippen LogP contribution in [-0.2, 0) is 10.5 Å². The number of benzene rings is 1. The Morgan fingerprint density at radius 1 is 1.29 bits per heavy atom. The van der Waals surface area contributed by atoms with Gasteiger partial charge in [0.25, 0.3) is 5.91 Å². The molecule has 2 rings (SSSR count). The summed E-state index contributed by atoms with van der Waals surface area (Å²) in [5.74, 6) is 0.0246. The van der Waals surface area contributed by atoms with E-state index in [9.17, 15) is 9.59 Å². The highest BCUT2D eigenvalue weighted by Crippen LogP contribution is 2.43. The highest BCUT2D eigenvalue weighted by Gasteiger charge is 2.39. The number of aliphatic carboxylic acids is 1. The number of amides is 1. The van der Waals surface area contributed by atoms with E-state index in [4.69, 9.17) is 5.11 Å². The van der Waals surface area contributed by atoms with Gasteiger partial charge in [0, 0.05) is 17.9 Å². The largest absolute Gasteiger partial charge is 0.481 e. The average molecular weight is 307 g/mol. The van der Waals surface area contributed by atoms with Crippen molar-refractivity contribution in [1.29, 1.82) is 0 Å². The third kappa shape index (κ3) is 4.24. The van der Waals surface area contributed by atoms with Gasteiger partial charge in [0.05, 0.1) is 6.42 Å². The van der Waals surface area contributed by atoms with Crippen LogP contribution >= 0.6 is 11.8 Å². The number of thioether (sulfide) groups is 1. The highest BCUT2D eigenvalue weighted by atomic mass is 32.2. The fourth-order valence-electron chi connectivity index (χ4n) is 2.70. The van der Waals surface area contributed by atoms with Gasteiger partial charge in [-0.25, -0.2) is 0 Å². The lowest BCUT2D eigenvalue weighted by Crippen LogP contribution is -2.43. The molecular formula is C16H21NO3S. The number of hydrogen-bond acceptors (Lipinski definition) is 3. The molecule has 0 saturated heterocycles. The van der Waals surface area contributed by atoms with E-state index in [0.717, 1.165) is 25.0 Å².